The zero-order valence-corrected chi connectivity index (χ0v) is 13.4. The van der Waals surface area contributed by atoms with Crippen molar-refractivity contribution in [3.63, 3.8) is 0 Å². The molecule has 1 aromatic carbocycles. The molecule has 0 saturated carbocycles. The summed E-state index contributed by atoms with van der Waals surface area (Å²) in [6, 6.07) is 3.70. The minimum atomic E-state index is -4.22. The highest BCUT2D eigenvalue weighted by atomic mass is 32.2. The molecule has 6 nitrogen and oxygen atoms in total. The van der Waals surface area contributed by atoms with Gasteiger partial charge in [0.25, 0.3) is 5.56 Å². The molecule has 1 aromatic heterocycles. The smallest absolute Gasteiger partial charge is 0.267 e. The molecule has 0 unspecified atom stereocenters. The van der Waals surface area contributed by atoms with Crippen LogP contribution in [0.4, 0.5) is 8.78 Å². The van der Waals surface area contributed by atoms with Crippen LogP contribution in [0.1, 0.15) is 17.7 Å². The first-order chi connectivity index (χ1) is 11.4. The number of hydrogen-bond donors (Lipinski definition) is 1. The number of fused-ring (bicyclic) bond motifs is 1. The highest BCUT2D eigenvalue weighted by molar-refractivity contribution is 7.89. The highest BCUT2D eigenvalue weighted by Gasteiger charge is 2.20. The van der Waals surface area contributed by atoms with Gasteiger partial charge in [-0.15, -0.1) is 0 Å². The molecule has 0 radical (unpaired) electrons. The normalized spacial score (nSPS) is 13.9. The quantitative estimate of drug-likeness (QED) is 0.867. The maximum atomic E-state index is 13.6. The minimum Gasteiger partial charge on any atom is -0.268 e. The number of sulfonamides is 1. The lowest BCUT2D eigenvalue weighted by Crippen LogP contribution is -2.32. The van der Waals surface area contributed by atoms with E-state index in [1.165, 1.54) is 10.7 Å². The van der Waals surface area contributed by atoms with Crippen molar-refractivity contribution in [2.45, 2.75) is 30.7 Å². The lowest BCUT2D eigenvalue weighted by Gasteiger charge is -2.09. The first-order valence-electron chi connectivity index (χ1n) is 7.41. The molecule has 0 atom stereocenters. The van der Waals surface area contributed by atoms with Gasteiger partial charge in [-0.3, -0.25) is 4.79 Å². The topological polar surface area (TPSA) is 81.1 Å². The van der Waals surface area contributed by atoms with Crippen LogP contribution in [0.25, 0.3) is 0 Å². The van der Waals surface area contributed by atoms with Crippen molar-refractivity contribution in [2.75, 3.05) is 6.54 Å². The van der Waals surface area contributed by atoms with E-state index in [4.69, 9.17) is 0 Å². The van der Waals surface area contributed by atoms with Crippen LogP contribution in [0.15, 0.2) is 34.0 Å². The Morgan fingerprint density at radius 3 is 2.79 bits per heavy atom. The van der Waals surface area contributed by atoms with Crippen molar-refractivity contribution in [1.29, 1.82) is 0 Å². The zero-order valence-electron chi connectivity index (χ0n) is 12.6. The van der Waals surface area contributed by atoms with Crippen LogP contribution in [0.2, 0.25) is 0 Å². The Labute approximate surface area is 137 Å². The summed E-state index contributed by atoms with van der Waals surface area (Å²) in [5.41, 5.74) is 1.46. The number of halogens is 2. The van der Waals surface area contributed by atoms with E-state index in [2.05, 4.69) is 9.82 Å². The van der Waals surface area contributed by atoms with Gasteiger partial charge in [0.1, 0.15) is 16.5 Å². The second-order valence-electron chi connectivity index (χ2n) is 5.50. The Hall–Kier alpha value is -2.13. The molecule has 9 heteroatoms. The maximum absolute atomic E-state index is 13.6. The van der Waals surface area contributed by atoms with Crippen molar-refractivity contribution in [3.05, 3.63) is 57.5 Å². The number of nitrogens with one attached hydrogen (secondary N) is 1. The molecule has 1 N–H and O–H groups in total. The van der Waals surface area contributed by atoms with Crippen LogP contribution in [-0.4, -0.2) is 24.7 Å². The molecular formula is C15H15F2N3O3S. The van der Waals surface area contributed by atoms with Gasteiger partial charge in [-0.25, -0.2) is 26.6 Å². The van der Waals surface area contributed by atoms with Gasteiger partial charge in [0.2, 0.25) is 10.0 Å². The van der Waals surface area contributed by atoms with Gasteiger partial charge in [-0.05, 0) is 43.0 Å². The molecule has 0 fully saturated rings. The predicted molar refractivity (Wildman–Crippen MR) is 82.1 cm³/mol. The third-order valence-corrected chi connectivity index (χ3v) is 5.30. The molecule has 0 bridgehead atoms. The van der Waals surface area contributed by atoms with Crippen molar-refractivity contribution in [2.24, 2.45) is 0 Å². The van der Waals surface area contributed by atoms with Crippen molar-refractivity contribution in [3.8, 4) is 0 Å². The van der Waals surface area contributed by atoms with Crippen LogP contribution in [-0.2, 0) is 29.4 Å². The van der Waals surface area contributed by atoms with Crippen LogP contribution >= 0.6 is 0 Å². The number of aromatic nitrogens is 2. The first kappa shape index (κ1) is 16.7. The van der Waals surface area contributed by atoms with Crippen LogP contribution < -0.4 is 10.3 Å². The predicted octanol–water partition coefficient (Wildman–Crippen LogP) is 0.989. The number of hydrogen-bond acceptors (Lipinski definition) is 4. The molecule has 0 amide bonds. The summed E-state index contributed by atoms with van der Waals surface area (Å²) in [5.74, 6) is -1.90. The van der Waals surface area contributed by atoms with Crippen molar-refractivity contribution < 1.29 is 17.2 Å². The third kappa shape index (κ3) is 3.36. The summed E-state index contributed by atoms with van der Waals surface area (Å²) in [6.45, 7) is -0.160. The van der Waals surface area contributed by atoms with E-state index >= 15 is 0 Å². The molecule has 1 aliphatic rings. The first-order valence-corrected chi connectivity index (χ1v) is 8.90. The van der Waals surface area contributed by atoms with Crippen LogP contribution in [0.5, 0.6) is 0 Å². The third-order valence-electron chi connectivity index (χ3n) is 3.82. The Morgan fingerprint density at radius 1 is 1.21 bits per heavy atom. The highest BCUT2D eigenvalue weighted by Crippen LogP contribution is 2.17. The molecule has 24 heavy (non-hydrogen) atoms. The minimum absolute atomic E-state index is 0.00226. The van der Waals surface area contributed by atoms with E-state index in [9.17, 15) is 22.0 Å². The summed E-state index contributed by atoms with van der Waals surface area (Å²) < 4.78 is 54.1. The second-order valence-corrected chi connectivity index (χ2v) is 7.24. The monoisotopic (exact) mass is 355 g/mol. The summed E-state index contributed by atoms with van der Waals surface area (Å²) in [7, 11) is -4.22. The molecule has 0 spiro atoms. The molecule has 128 valence electrons. The lowest BCUT2D eigenvalue weighted by molar-refractivity contribution is 0.529. The number of rotatable bonds is 5. The molecule has 0 aliphatic heterocycles. The fourth-order valence-corrected chi connectivity index (χ4v) is 3.75. The Kier molecular flexibility index (Phi) is 4.46. The number of aryl methyl sites for hydroxylation is 2. The summed E-state index contributed by atoms with van der Waals surface area (Å²) in [6.07, 6.45) is 2.55. The molecule has 1 aliphatic carbocycles. The van der Waals surface area contributed by atoms with E-state index in [-0.39, 0.29) is 18.6 Å². The fraction of sp³-hybridized carbons (Fsp3) is 0.333. The summed E-state index contributed by atoms with van der Waals surface area (Å²) >= 11 is 0. The second kappa shape index (κ2) is 6.40. The summed E-state index contributed by atoms with van der Waals surface area (Å²) in [4.78, 5) is 11.1. The standard InChI is InChI=1S/C15H15F2N3O3S/c16-11-4-5-12(17)14(9-11)24(22,23)18-6-7-20-15(21)8-10-2-1-3-13(10)19-20/h4-5,8-9,18H,1-3,6-7H2. The van der Waals surface area contributed by atoms with Gasteiger partial charge >= 0.3 is 0 Å². The van der Waals surface area contributed by atoms with Gasteiger partial charge in [0.05, 0.1) is 12.2 Å². The molecule has 1 heterocycles. The van der Waals surface area contributed by atoms with Gasteiger partial charge in [-0.2, -0.15) is 5.10 Å². The van der Waals surface area contributed by atoms with Crippen LogP contribution in [0.3, 0.4) is 0 Å². The number of benzene rings is 1. The SMILES string of the molecule is O=c1cc2c(nn1CCNS(=O)(=O)c1cc(F)ccc1F)CCC2. The van der Waals surface area contributed by atoms with E-state index in [0.717, 1.165) is 42.7 Å². The van der Waals surface area contributed by atoms with Gasteiger partial charge in [0.15, 0.2) is 0 Å². The molecular weight excluding hydrogens is 340 g/mol. The fourth-order valence-electron chi connectivity index (χ4n) is 2.65. The molecule has 0 saturated heterocycles. The van der Waals surface area contributed by atoms with E-state index < -0.39 is 26.6 Å². The van der Waals surface area contributed by atoms with E-state index in [0.29, 0.717) is 6.07 Å². The van der Waals surface area contributed by atoms with Gasteiger partial charge < -0.3 is 0 Å². The van der Waals surface area contributed by atoms with E-state index in [1.807, 2.05) is 0 Å². The van der Waals surface area contributed by atoms with Gasteiger partial charge in [-0.1, -0.05) is 0 Å². The van der Waals surface area contributed by atoms with E-state index in [1.54, 1.807) is 0 Å². The summed E-state index contributed by atoms with van der Waals surface area (Å²) in [5, 5.41) is 4.21. The van der Waals surface area contributed by atoms with Gasteiger partial charge in [0, 0.05) is 12.6 Å². The maximum Gasteiger partial charge on any atom is 0.267 e. The largest absolute Gasteiger partial charge is 0.268 e. The van der Waals surface area contributed by atoms with Crippen molar-refractivity contribution in [1.82, 2.24) is 14.5 Å². The Balaban J connectivity index is 1.72. The average molecular weight is 355 g/mol. The lowest BCUT2D eigenvalue weighted by atomic mass is 10.2. The van der Waals surface area contributed by atoms with Crippen molar-refractivity contribution >= 4 is 10.0 Å². The number of nitrogens with zero attached hydrogens (tertiary/aromatic N) is 2. The Morgan fingerprint density at radius 2 is 2.00 bits per heavy atom. The molecule has 3 rings (SSSR count). The van der Waals surface area contributed by atoms with Crippen LogP contribution in [0, 0.1) is 11.6 Å². The zero-order chi connectivity index (χ0) is 17.3. The average Bonchev–Trinajstić information content (AvgIpc) is 2.96. The molecule has 2 aromatic rings. The Bertz CT molecular complexity index is 941.